The van der Waals surface area contributed by atoms with Crippen LogP contribution in [0.5, 0.6) is 0 Å². The van der Waals surface area contributed by atoms with Crippen LogP contribution in [0.1, 0.15) is 44.9 Å². The molecule has 0 aliphatic carbocycles. The Bertz CT molecular complexity index is 1100. The fourth-order valence-electron chi connectivity index (χ4n) is 3.76. The lowest BCUT2D eigenvalue weighted by Crippen LogP contribution is -2.50. The third-order valence-electron chi connectivity index (χ3n) is 5.40. The Balaban J connectivity index is 1.37. The zero-order valence-electron chi connectivity index (χ0n) is 17.5. The highest BCUT2D eigenvalue weighted by molar-refractivity contribution is 6.21. The van der Waals surface area contributed by atoms with Gasteiger partial charge in [0, 0.05) is 5.56 Å². The van der Waals surface area contributed by atoms with Crippen LogP contribution in [0.3, 0.4) is 0 Å². The standard InChI is InChI=1S/C26H23NO4/c1-26(2,27-24(29)21-10-6-7-11-22(21)25(27)30)17-31-16-23(28)20-14-12-19(13-15-20)18-8-4-3-5-9-18/h3-15H,16-17H2,1-2H3. The van der Waals surface area contributed by atoms with E-state index >= 15 is 0 Å². The van der Waals surface area contributed by atoms with Crippen molar-refractivity contribution in [3.8, 4) is 11.1 Å². The third kappa shape index (κ3) is 4.05. The summed E-state index contributed by atoms with van der Waals surface area (Å²) in [4.78, 5) is 39.2. The highest BCUT2D eigenvalue weighted by atomic mass is 16.5. The van der Waals surface area contributed by atoms with E-state index in [0.29, 0.717) is 16.7 Å². The second kappa shape index (κ2) is 8.28. The summed E-state index contributed by atoms with van der Waals surface area (Å²) >= 11 is 0. The molecule has 2 amide bonds. The Labute approximate surface area is 181 Å². The van der Waals surface area contributed by atoms with Gasteiger partial charge in [-0.3, -0.25) is 19.3 Å². The van der Waals surface area contributed by atoms with E-state index in [1.165, 1.54) is 4.90 Å². The zero-order valence-corrected chi connectivity index (χ0v) is 17.5. The SMILES string of the molecule is CC(C)(COCC(=O)c1ccc(-c2ccccc2)cc1)N1C(=O)c2ccccc2C1=O. The van der Waals surface area contributed by atoms with Crippen LogP contribution in [-0.4, -0.2) is 41.3 Å². The van der Waals surface area contributed by atoms with Crippen molar-refractivity contribution < 1.29 is 19.1 Å². The summed E-state index contributed by atoms with van der Waals surface area (Å²) in [6.07, 6.45) is 0. The predicted octanol–water partition coefficient (Wildman–Crippen LogP) is 4.63. The highest BCUT2D eigenvalue weighted by Crippen LogP contribution is 2.29. The van der Waals surface area contributed by atoms with Crippen molar-refractivity contribution in [2.24, 2.45) is 0 Å². The molecule has 0 saturated heterocycles. The predicted molar refractivity (Wildman–Crippen MR) is 118 cm³/mol. The Morgan fingerprint density at radius 2 is 1.29 bits per heavy atom. The molecule has 0 fully saturated rings. The number of nitrogens with zero attached hydrogens (tertiary/aromatic N) is 1. The topological polar surface area (TPSA) is 63.7 Å². The average Bonchev–Trinajstić information content (AvgIpc) is 3.05. The Morgan fingerprint density at radius 1 is 0.774 bits per heavy atom. The van der Waals surface area contributed by atoms with E-state index in [4.69, 9.17) is 4.74 Å². The van der Waals surface area contributed by atoms with Gasteiger partial charge in [0.05, 0.1) is 23.3 Å². The molecule has 1 heterocycles. The minimum Gasteiger partial charge on any atom is -0.371 e. The normalized spacial score (nSPS) is 13.4. The number of ketones is 1. The fraction of sp³-hybridized carbons (Fsp3) is 0.192. The summed E-state index contributed by atoms with van der Waals surface area (Å²) in [6.45, 7) is 3.45. The molecule has 5 nitrogen and oxygen atoms in total. The highest BCUT2D eigenvalue weighted by Gasteiger charge is 2.44. The molecular weight excluding hydrogens is 390 g/mol. The summed E-state index contributed by atoms with van der Waals surface area (Å²) in [5.41, 5.74) is 2.58. The van der Waals surface area contributed by atoms with Gasteiger partial charge in [-0.1, -0.05) is 66.7 Å². The van der Waals surface area contributed by atoms with Crippen LogP contribution in [0.15, 0.2) is 78.9 Å². The molecule has 156 valence electrons. The number of amides is 2. The van der Waals surface area contributed by atoms with Crippen molar-refractivity contribution in [1.82, 2.24) is 4.90 Å². The first-order valence-electron chi connectivity index (χ1n) is 10.1. The van der Waals surface area contributed by atoms with E-state index in [1.54, 1.807) is 50.2 Å². The quantitative estimate of drug-likeness (QED) is 0.419. The number of fused-ring (bicyclic) bond motifs is 1. The van der Waals surface area contributed by atoms with Gasteiger partial charge in [-0.2, -0.15) is 0 Å². The average molecular weight is 413 g/mol. The molecule has 3 aromatic rings. The van der Waals surface area contributed by atoms with Crippen molar-refractivity contribution in [1.29, 1.82) is 0 Å². The minimum atomic E-state index is -0.884. The van der Waals surface area contributed by atoms with Crippen LogP contribution in [0.2, 0.25) is 0 Å². The van der Waals surface area contributed by atoms with E-state index in [9.17, 15) is 14.4 Å². The molecule has 0 N–H and O–H groups in total. The molecule has 4 rings (SSSR count). The number of Topliss-reactive ketones (excluding diaryl/α,β-unsaturated/α-hetero) is 1. The van der Waals surface area contributed by atoms with Crippen LogP contribution in [0, 0.1) is 0 Å². The lowest BCUT2D eigenvalue weighted by Gasteiger charge is -2.33. The maximum atomic E-state index is 12.7. The van der Waals surface area contributed by atoms with E-state index in [1.807, 2.05) is 42.5 Å². The largest absolute Gasteiger partial charge is 0.371 e. The van der Waals surface area contributed by atoms with Gasteiger partial charge in [0.15, 0.2) is 5.78 Å². The minimum absolute atomic E-state index is 0.0618. The molecule has 5 heteroatoms. The van der Waals surface area contributed by atoms with E-state index < -0.39 is 5.54 Å². The Kier molecular flexibility index (Phi) is 5.53. The second-order valence-corrected chi connectivity index (χ2v) is 8.16. The Morgan fingerprint density at radius 3 is 1.87 bits per heavy atom. The van der Waals surface area contributed by atoms with Crippen molar-refractivity contribution in [2.45, 2.75) is 19.4 Å². The molecule has 1 aliphatic heterocycles. The maximum Gasteiger partial charge on any atom is 0.262 e. The molecule has 3 aromatic carbocycles. The van der Waals surface area contributed by atoms with E-state index in [0.717, 1.165) is 11.1 Å². The van der Waals surface area contributed by atoms with Crippen LogP contribution in [0.25, 0.3) is 11.1 Å². The van der Waals surface area contributed by atoms with Gasteiger partial charge in [0.1, 0.15) is 6.61 Å². The van der Waals surface area contributed by atoms with Crippen LogP contribution >= 0.6 is 0 Å². The van der Waals surface area contributed by atoms with Crippen molar-refractivity contribution in [3.05, 3.63) is 95.6 Å². The molecule has 0 saturated carbocycles. The summed E-state index contributed by atoms with van der Waals surface area (Å²) < 4.78 is 5.64. The van der Waals surface area contributed by atoms with Gasteiger partial charge >= 0.3 is 0 Å². The molecule has 0 radical (unpaired) electrons. The number of rotatable bonds is 7. The van der Waals surface area contributed by atoms with Crippen LogP contribution in [0.4, 0.5) is 0 Å². The van der Waals surface area contributed by atoms with Crippen molar-refractivity contribution in [3.63, 3.8) is 0 Å². The van der Waals surface area contributed by atoms with Gasteiger partial charge in [-0.25, -0.2) is 0 Å². The van der Waals surface area contributed by atoms with Gasteiger partial charge in [-0.15, -0.1) is 0 Å². The van der Waals surface area contributed by atoms with E-state index in [2.05, 4.69) is 0 Å². The number of hydrogen-bond donors (Lipinski definition) is 0. The number of ether oxygens (including phenoxy) is 1. The fourth-order valence-corrected chi connectivity index (χ4v) is 3.76. The molecule has 0 atom stereocenters. The molecular formula is C26H23NO4. The third-order valence-corrected chi connectivity index (χ3v) is 5.40. The summed E-state index contributed by atoms with van der Waals surface area (Å²) in [7, 11) is 0. The summed E-state index contributed by atoms with van der Waals surface area (Å²) in [5.74, 6) is -0.827. The lowest BCUT2D eigenvalue weighted by atomic mass is 10.0. The van der Waals surface area contributed by atoms with Gasteiger partial charge in [0.25, 0.3) is 11.8 Å². The zero-order chi connectivity index (χ0) is 22.0. The Hall–Kier alpha value is -3.57. The smallest absolute Gasteiger partial charge is 0.262 e. The summed E-state index contributed by atoms with van der Waals surface area (Å²) in [5, 5.41) is 0. The lowest BCUT2D eigenvalue weighted by molar-refractivity contribution is 0.0179. The maximum absolute atomic E-state index is 12.7. The molecule has 0 bridgehead atoms. The first-order chi connectivity index (χ1) is 14.9. The van der Waals surface area contributed by atoms with Gasteiger partial charge in [0.2, 0.25) is 0 Å². The van der Waals surface area contributed by atoms with Crippen LogP contribution < -0.4 is 0 Å². The number of carbonyl (C=O) groups is 3. The number of hydrogen-bond acceptors (Lipinski definition) is 4. The molecule has 31 heavy (non-hydrogen) atoms. The number of carbonyl (C=O) groups excluding carboxylic acids is 3. The van der Waals surface area contributed by atoms with E-state index in [-0.39, 0.29) is 30.8 Å². The van der Waals surface area contributed by atoms with Gasteiger partial charge in [-0.05, 0) is 37.1 Å². The van der Waals surface area contributed by atoms with Gasteiger partial charge < -0.3 is 4.74 Å². The molecule has 0 aromatic heterocycles. The van der Waals surface area contributed by atoms with Crippen LogP contribution in [-0.2, 0) is 4.74 Å². The first kappa shape index (κ1) is 20.7. The molecule has 0 unspecified atom stereocenters. The molecule has 0 spiro atoms. The van der Waals surface area contributed by atoms with Crippen molar-refractivity contribution >= 4 is 17.6 Å². The second-order valence-electron chi connectivity index (χ2n) is 8.16. The number of benzene rings is 3. The van der Waals surface area contributed by atoms with Crippen molar-refractivity contribution in [2.75, 3.05) is 13.2 Å². The number of imide groups is 1. The first-order valence-corrected chi connectivity index (χ1v) is 10.1. The molecule has 1 aliphatic rings. The monoisotopic (exact) mass is 413 g/mol. The summed E-state index contributed by atoms with van der Waals surface area (Å²) in [6, 6.07) is 24.1.